The first kappa shape index (κ1) is 22.0. The van der Waals surface area contributed by atoms with E-state index in [4.69, 9.17) is 14.2 Å². The monoisotopic (exact) mass is 436 g/mol. The van der Waals surface area contributed by atoms with Gasteiger partial charge in [0.1, 0.15) is 17.2 Å². The Kier molecular flexibility index (Phi) is 5.55. The predicted molar refractivity (Wildman–Crippen MR) is 119 cm³/mol. The van der Waals surface area contributed by atoms with Gasteiger partial charge in [-0.05, 0) is 52.5 Å². The summed E-state index contributed by atoms with van der Waals surface area (Å²) in [5.41, 5.74) is 1.08. The van der Waals surface area contributed by atoms with E-state index in [1.165, 1.54) is 0 Å². The number of fused-ring (bicyclic) bond motifs is 4. The molecule has 3 fully saturated rings. The van der Waals surface area contributed by atoms with Crippen LogP contribution in [0.1, 0.15) is 57.6 Å². The number of carbonyl (C=O) groups excluding carboxylic acids is 1. The number of carbonyl (C=O) groups is 1. The van der Waals surface area contributed by atoms with Crippen molar-refractivity contribution in [1.82, 2.24) is 15.3 Å². The van der Waals surface area contributed by atoms with Gasteiger partial charge in [0, 0.05) is 17.8 Å². The van der Waals surface area contributed by atoms with Crippen LogP contribution in [0.2, 0.25) is 0 Å². The Morgan fingerprint density at radius 2 is 2.03 bits per heavy atom. The third-order valence-electron chi connectivity index (χ3n) is 6.07. The molecule has 4 heterocycles. The number of rotatable bonds is 4. The highest BCUT2D eigenvalue weighted by atomic mass is 16.6. The van der Waals surface area contributed by atoms with E-state index < -0.39 is 22.8 Å². The molecule has 8 nitrogen and oxygen atoms in total. The zero-order chi connectivity index (χ0) is 23.0. The molecule has 2 aliphatic heterocycles. The second-order valence-electron chi connectivity index (χ2n) is 9.51. The van der Waals surface area contributed by atoms with Gasteiger partial charge in [0.15, 0.2) is 0 Å². The summed E-state index contributed by atoms with van der Waals surface area (Å²) in [5, 5.41) is 12.6. The normalized spacial score (nSPS) is 25.0. The molecule has 1 aliphatic carbocycles. The summed E-state index contributed by atoms with van der Waals surface area (Å²) in [5.74, 6) is 0.465. The van der Waals surface area contributed by atoms with Crippen molar-refractivity contribution in [2.75, 3.05) is 13.7 Å². The number of nitrogens with zero attached hydrogens (tertiary/aromatic N) is 3. The van der Waals surface area contributed by atoms with Crippen LogP contribution in [-0.4, -0.2) is 46.5 Å². The van der Waals surface area contributed by atoms with Crippen LogP contribution in [0.15, 0.2) is 24.4 Å². The van der Waals surface area contributed by atoms with Crippen molar-refractivity contribution in [2.45, 2.75) is 63.2 Å². The van der Waals surface area contributed by atoms with E-state index in [2.05, 4.69) is 21.4 Å². The van der Waals surface area contributed by atoms with Crippen LogP contribution in [0.5, 0.6) is 5.88 Å². The number of methoxy groups -OCH3 is 1. The zero-order valence-corrected chi connectivity index (χ0v) is 18.9. The highest BCUT2D eigenvalue weighted by molar-refractivity contribution is 5.87. The molecule has 0 spiro atoms. The number of amides is 1. The number of nitriles is 1. The number of hydrogen-bond acceptors (Lipinski definition) is 7. The molecule has 1 amide bonds. The summed E-state index contributed by atoms with van der Waals surface area (Å²) in [4.78, 5) is 21.1. The number of ether oxygens (including phenoxy) is 3. The highest BCUT2D eigenvalue weighted by Crippen LogP contribution is 2.45. The average Bonchev–Trinajstić information content (AvgIpc) is 2.76. The van der Waals surface area contributed by atoms with Gasteiger partial charge < -0.3 is 19.5 Å². The van der Waals surface area contributed by atoms with Gasteiger partial charge in [-0.3, -0.25) is 4.98 Å². The smallest absolute Gasteiger partial charge is 0.408 e. The minimum atomic E-state index is -0.542. The molecule has 2 bridgehead atoms. The fourth-order valence-corrected chi connectivity index (χ4v) is 4.29. The molecule has 0 unspecified atom stereocenters. The molecular weight excluding hydrogens is 408 g/mol. The van der Waals surface area contributed by atoms with Crippen molar-refractivity contribution in [1.29, 1.82) is 5.26 Å². The van der Waals surface area contributed by atoms with Gasteiger partial charge in [0.25, 0.3) is 0 Å². The minimum absolute atomic E-state index is 0.395. The largest absolute Gasteiger partial charge is 0.481 e. The number of aromatic nitrogens is 2. The average molecular weight is 437 g/mol. The first-order valence-electron chi connectivity index (χ1n) is 10.7. The lowest BCUT2D eigenvalue weighted by Crippen LogP contribution is -2.62. The van der Waals surface area contributed by atoms with Crippen molar-refractivity contribution in [2.24, 2.45) is 0 Å². The SMILES string of the molecule is COc1ccc2ncc(C#N)c(C=CC34CCC(NC(=O)OC(C)(C)C)(CC3)CO4)c2n1. The van der Waals surface area contributed by atoms with Gasteiger partial charge in [-0.1, -0.05) is 12.2 Å². The Bertz CT molecular complexity index is 1090. The van der Waals surface area contributed by atoms with E-state index >= 15 is 0 Å². The Hall–Kier alpha value is -3.18. The Morgan fingerprint density at radius 1 is 1.28 bits per heavy atom. The lowest BCUT2D eigenvalue weighted by Gasteiger charge is -2.52. The summed E-state index contributed by atoms with van der Waals surface area (Å²) in [6.07, 6.45) is 8.21. The highest BCUT2D eigenvalue weighted by Gasteiger charge is 2.49. The fraction of sp³-hybridized carbons (Fsp3) is 0.500. The van der Waals surface area contributed by atoms with E-state index in [0.717, 1.165) is 25.7 Å². The molecule has 0 atom stereocenters. The van der Waals surface area contributed by atoms with E-state index in [1.54, 1.807) is 19.4 Å². The molecule has 2 aromatic rings. The first-order chi connectivity index (χ1) is 15.2. The predicted octanol–water partition coefficient (Wildman–Crippen LogP) is 4.13. The number of hydrogen-bond donors (Lipinski definition) is 1. The van der Waals surface area contributed by atoms with Gasteiger partial charge in [-0.15, -0.1) is 0 Å². The van der Waals surface area contributed by atoms with Crippen LogP contribution in [-0.2, 0) is 9.47 Å². The van der Waals surface area contributed by atoms with Gasteiger partial charge >= 0.3 is 6.09 Å². The molecule has 32 heavy (non-hydrogen) atoms. The van der Waals surface area contributed by atoms with Crippen molar-refractivity contribution in [3.05, 3.63) is 35.5 Å². The van der Waals surface area contributed by atoms with Crippen LogP contribution >= 0.6 is 0 Å². The Morgan fingerprint density at radius 3 is 2.62 bits per heavy atom. The van der Waals surface area contributed by atoms with Crippen LogP contribution in [0, 0.1) is 11.3 Å². The molecule has 2 saturated heterocycles. The molecule has 1 N–H and O–H groups in total. The standard InChI is InChI=1S/C24H28N4O4/c1-22(2,3)32-21(29)28-23-9-11-24(12-10-23,31-15-23)8-7-17-16(13-25)14-26-18-5-6-19(30-4)27-20(17)18/h5-8,14H,9-12,15H2,1-4H3,(H,28,29). The molecule has 8 heteroatoms. The summed E-state index contributed by atoms with van der Waals surface area (Å²) < 4.78 is 16.9. The molecule has 3 aliphatic rings. The van der Waals surface area contributed by atoms with Crippen molar-refractivity contribution in [3.63, 3.8) is 0 Å². The van der Waals surface area contributed by atoms with Gasteiger partial charge in [-0.25, -0.2) is 9.78 Å². The second kappa shape index (κ2) is 8.06. The fourth-order valence-electron chi connectivity index (χ4n) is 4.29. The summed E-state index contributed by atoms with van der Waals surface area (Å²) in [6, 6.07) is 5.77. The lowest BCUT2D eigenvalue weighted by atomic mass is 9.71. The Balaban J connectivity index is 1.55. The van der Waals surface area contributed by atoms with Gasteiger partial charge in [0.05, 0.1) is 35.9 Å². The molecule has 0 aromatic carbocycles. The maximum Gasteiger partial charge on any atom is 0.408 e. The molecule has 1 saturated carbocycles. The zero-order valence-electron chi connectivity index (χ0n) is 18.9. The van der Waals surface area contributed by atoms with Crippen molar-refractivity contribution < 1.29 is 19.0 Å². The van der Waals surface area contributed by atoms with Crippen LogP contribution in [0.4, 0.5) is 4.79 Å². The molecule has 2 aromatic heterocycles. The maximum atomic E-state index is 12.3. The van der Waals surface area contributed by atoms with Crippen molar-refractivity contribution in [3.8, 4) is 11.9 Å². The number of nitrogens with one attached hydrogen (secondary N) is 1. The van der Waals surface area contributed by atoms with E-state index in [0.29, 0.717) is 34.6 Å². The second-order valence-corrected chi connectivity index (χ2v) is 9.51. The minimum Gasteiger partial charge on any atom is -0.481 e. The summed E-state index contributed by atoms with van der Waals surface area (Å²) >= 11 is 0. The maximum absolute atomic E-state index is 12.3. The molecular formula is C24H28N4O4. The topological polar surface area (TPSA) is 106 Å². The quantitative estimate of drug-likeness (QED) is 0.768. The summed E-state index contributed by atoms with van der Waals surface area (Å²) in [6.45, 7) is 5.97. The van der Waals surface area contributed by atoms with Gasteiger partial charge in [-0.2, -0.15) is 5.26 Å². The molecule has 5 rings (SSSR count). The third kappa shape index (κ3) is 4.39. The molecule has 168 valence electrons. The molecule has 0 radical (unpaired) electrons. The van der Waals surface area contributed by atoms with Crippen LogP contribution in [0.3, 0.4) is 0 Å². The van der Waals surface area contributed by atoms with Crippen LogP contribution in [0.25, 0.3) is 17.1 Å². The van der Waals surface area contributed by atoms with Gasteiger partial charge in [0.2, 0.25) is 5.88 Å². The van der Waals surface area contributed by atoms with E-state index in [9.17, 15) is 10.1 Å². The number of alkyl carbamates (subject to hydrolysis) is 1. The third-order valence-corrected chi connectivity index (χ3v) is 6.07. The van der Waals surface area contributed by atoms with Crippen molar-refractivity contribution >= 4 is 23.2 Å². The van der Waals surface area contributed by atoms with Crippen LogP contribution < -0.4 is 10.1 Å². The first-order valence-corrected chi connectivity index (χ1v) is 10.7. The number of pyridine rings is 2. The van der Waals surface area contributed by atoms with E-state index in [-0.39, 0.29) is 0 Å². The Labute approximate surface area is 187 Å². The lowest BCUT2D eigenvalue weighted by molar-refractivity contribution is -0.133. The summed E-state index contributed by atoms with van der Waals surface area (Å²) in [7, 11) is 1.56. The van der Waals surface area contributed by atoms with E-state index in [1.807, 2.05) is 39.0 Å².